The van der Waals surface area contributed by atoms with Gasteiger partial charge in [-0.15, -0.1) is 0 Å². The summed E-state index contributed by atoms with van der Waals surface area (Å²) in [5, 5.41) is 8.84. The number of benzene rings is 2. The summed E-state index contributed by atoms with van der Waals surface area (Å²) < 4.78 is 61.1. The summed E-state index contributed by atoms with van der Waals surface area (Å²) in [7, 11) is 0. The molecule has 3 aromatic rings. The number of halogens is 4. The van der Waals surface area contributed by atoms with E-state index in [1.54, 1.807) is 6.92 Å². The third-order valence-electron chi connectivity index (χ3n) is 3.51. The van der Waals surface area contributed by atoms with E-state index in [0.717, 1.165) is 24.6 Å². The summed E-state index contributed by atoms with van der Waals surface area (Å²) in [6.07, 6.45) is 1.41. The molecule has 1 aromatic heterocycles. The molecule has 28 heavy (non-hydrogen) atoms. The van der Waals surface area contributed by atoms with Gasteiger partial charge in [0.1, 0.15) is 11.6 Å². The molecule has 0 fully saturated rings. The lowest BCUT2D eigenvalue weighted by molar-refractivity contribution is -0.139. The maximum atomic E-state index is 13.2. The fourth-order valence-electron chi connectivity index (χ4n) is 2.29. The van der Waals surface area contributed by atoms with Crippen LogP contribution in [0.2, 0.25) is 0 Å². The third kappa shape index (κ3) is 4.87. The highest BCUT2D eigenvalue weighted by molar-refractivity contribution is 5.97. The van der Waals surface area contributed by atoms with Gasteiger partial charge in [0.25, 0.3) is 0 Å². The first kappa shape index (κ1) is 20.9. The van der Waals surface area contributed by atoms with Gasteiger partial charge in [-0.1, -0.05) is 0 Å². The molecule has 0 atom stereocenters. The highest BCUT2D eigenvalue weighted by atomic mass is 19.1. The quantitative estimate of drug-likeness (QED) is 0.511. The second kappa shape index (κ2) is 8.55. The van der Waals surface area contributed by atoms with Crippen molar-refractivity contribution in [2.24, 2.45) is 0 Å². The van der Waals surface area contributed by atoms with E-state index < -0.39 is 47.4 Å². The normalized spacial score (nSPS) is 10.4. The number of carbonyl (C=O) groups excluding carboxylic acids is 1. The summed E-state index contributed by atoms with van der Waals surface area (Å²) in [5.41, 5.74) is 0.538. The summed E-state index contributed by atoms with van der Waals surface area (Å²) in [4.78, 5) is 21.3. The van der Waals surface area contributed by atoms with Crippen LogP contribution in [0.4, 0.5) is 17.6 Å². The molecule has 0 unspecified atom stereocenters. The minimum absolute atomic E-state index is 0.119. The van der Waals surface area contributed by atoms with Crippen molar-refractivity contribution in [3.05, 3.63) is 64.9 Å². The van der Waals surface area contributed by atoms with Crippen molar-refractivity contribution in [2.75, 3.05) is 6.61 Å². The van der Waals surface area contributed by atoms with Crippen LogP contribution in [0.3, 0.4) is 0 Å². The molecule has 0 spiro atoms. The van der Waals surface area contributed by atoms with E-state index in [-0.39, 0.29) is 11.1 Å². The Hall–Kier alpha value is -3.36. The second-order valence-electron chi connectivity index (χ2n) is 5.69. The van der Waals surface area contributed by atoms with Crippen molar-refractivity contribution < 1.29 is 41.4 Å². The average molecular weight is 398 g/mol. The zero-order chi connectivity index (χ0) is 21.0. The molecule has 0 aliphatic rings. The van der Waals surface area contributed by atoms with E-state index >= 15 is 0 Å². The number of carbonyl (C=O) groups is 2. The van der Waals surface area contributed by atoms with Crippen molar-refractivity contribution in [2.45, 2.75) is 13.8 Å². The SMILES string of the molecule is CC(=O)c1cc(F)cc(F)c1OCC(=O)O.Cc1coc2c(F)cc(F)cc12. The van der Waals surface area contributed by atoms with Gasteiger partial charge in [0, 0.05) is 17.5 Å². The number of Topliss-reactive ketones (excluding diaryl/α,β-unsaturated/α-hetero) is 1. The highest BCUT2D eigenvalue weighted by Gasteiger charge is 2.17. The van der Waals surface area contributed by atoms with Crippen LogP contribution in [0.5, 0.6) is 5.75 Å². The number of ketones is 1. The van der Waals surface area contributed by atoms with Gasteiger partial charge in [-0.3, -0.25) is 4.79 Å². The van der Waals surface area contributed by atoms with Crippen LogP contribution in [-0.2, 0) is 4.79 Å². The lowest BCUT2D eigenvalue weighted by Gasteiger charge is -2.08. The molecule has 0 saturated carbocycles. The predicted molar refractivity (Wildman–Crippen MR) is 90.4 cm³/mol. The van der Waals surface area contributed by atoms with Crippen LogP contribution < -0.4 is 4.74 Å². The third-order valence-corrected chi connectivity index (χ3v) is 3.51. The van der Waals surface area contributed by atoms with Crippen LogP contribution in [0.1, 0.15) is 22.8 Å². The van der Waals surface area contributed by atoms with Crippen molar-refractivity contribution in [1.82, 2.24) is 0 Å². The molecule has 5 nitrogen and oxygen atoms in total. The summed E-state index contributed by atoms with van der Waals surface area (Å²) >= 11 is 0. The Morgan fingerprint density at radius 1 is 1.04 bits per heavy atom. The number of aryl methyl sites for hydroxylation is 1. The Morgan fingerprint density at radius 2 is 1.64 bits per heavy atom. The maximum Gasteiger partial charge on any atom is 0.341 e. The number of carboxylic acid groups (broad SMARTS) is 1. The van der Waals surface area contributed by atoms with E-state index in [1.807, 2.05) is 0 Å². The van der Waals surface area contributed by atoms with Crippen LogP contribution in [0.25, 0.3) is 11.0 Å². The molecule has 2 aromatic carbocycles. The molecule has 1 heterocycles. The molecular weight excluding hydrogens is 384 g/mol. The predicted octanol–water partition coefficient (Wildman–Crippen LogP) is 4.65. The van der Waals surface area contributed by atoms with E-state index in [0.29, 0.717) is 11.5 Å². The minimum Gasteiger partial charge on any atom is -0.479 e. The van der Waals surface area contributed by atoms with Gasteiger partial charge < -0.3 is 14.3 Å². The number of aliphatic carboxylic acids is 1. The summed E-state index contributed by atoms with van der Waals surface area (Å²) in [6.45, 7) is 2.04. The fraction of sp³-hybridized carbons (Fsp3) is 0.158. The Labute approximate surface area is 156 Å². The average Bonchev–Trinajstić information content (AvgIpc) is 2.95. The van der Waals surface area contributed by atoms with Gasteiger partial charge in [-0.25, -0.2) is 22.4 Å². The number of hydrogen-bond acceptors (Lipinski definition) is 4. The first-order valence-electron chi connectivity index (χ1n) is 7.77. The first-order valence-corrected chi connectivity index (χ1v) is 7.77. The Morgan fingerprint density at radius 3 is 2.25 bits per heavy atom. The van der Waals surface area contributed by atoms with Gasteiger partial charge in [0.2, 0.25) is 0 Å². The topological polar surface area (TPSA) is 76.7 Å². The number of rotatable bonds is 4. The Kier molecular flexibility index (Phi) is 6.40. The molecule has 3 rings (SSSR count). The number of hydrogen-bond donors (Lipinski definition) is 1. The number of ether oxygens (including phenoxy) is 1. The van der Waals surface area contributed by atoms with Gasteiger partial charge in [0.15, 0.2) is 35.4 Å². The fourth-order valence-corrected chi connectivity index (χ4v) is 2.29. The zero-order valence-corrected chi connectivity index (χ0v) is 14.7. The standard InChI is InChI=1S/C10H8F2O4.C9H6F2O/c1-5(13)7-2-6(11)3-8(12)10(7)16-4-9(14)15;1-5-4-12-9-7(5)2-6(10)3-8(9)11/h2-3H,4H2,1H3,(H,14,15);2-4H,1H3. The zero-order valence-electron chi connectivity index (χ0n) is 14.7. The van der Waals surface area contributed by atoms with E-state index in [4.69, 9.17) is 9.52 Å². The molecular formula is C19H14F4O5. The Balaban J connectivity index is 0.000000207. The number of fused-ring (bicyclic) bond motifs is 1. The second-order valence-corrected chi connectivity index (χ2v) is 5.69. The molecule has 0 aliphatic heterocycles. The van der Waals surface area contributed by atoms with Crippen molar-refractivity contribution >= 4 is 22.7 Å². The van der Waals surface area contributed by atoms with Crippen LogP contribution >= 0.6 is 0 Å². The molecule has 9 heteroatoms. The van der Waals surface area contributed by atoms with Crippen molar-refractivity contribution in [1.29, 1.82) is 0 Å². The molecule has 0 bridgehead atoms. The van der Waals surface area contributed by atoms with E-state index in [9.17, 15) is 27.2 Å². The first-order chi connectivity index (χ1) is 13.1. The molecule has 0 saturated heterocycles. The van der Waals surface area contributed by atoms with Gasteiger partial charge >= 0.3 is 5.97 Å². The summed E-state index contributed by atoms with van der Waals surface area (Å²) in [6, 6.07) is 3.38. The summed E-state index contributed by atoms with van der Waals surface area (Å²) in [5.74, 6) is -5.74. The molecule has 1 N–H and O–H groups in total. The van der Waals surface area contributed by atoms with Crippen molar-refractivity contribution in [3.63, 3.8) is 0 Å². The van der Waals surface area contributed by atoms with E-state index in [1.165, 1.54) is 12.3 Å². The van der Waals surface area contributed by atoms with Gasteiger partial charge in [-0.05, 0) is 31.5 Å². The van der Waals surface area contributed by atoms with Crippen molar-refractivity contribution in [3.8, 4) is 5.75 Å². The highest BCUT2D eigenvalue weighted by Crippen LogP contribution is 2.25. The largest absolute Gasteiger partial charge is 0.479 e. The van der Waals surface area contributed by atoms with Gasteiger partial charge in [0.05, 0.1) is 11.8 Å². The van der Waals surface area contributed by atoms with Crippen LogP contribution in [0.15, 0.2) is 34.9 Å². The lowest BCUT2D eigenvalue weighted by Crippen LogP contribution is -2.13. The Bertz CT molecular complexity index is 1040. The van der Waals surface area contributed by atoms with Gasteiger partial charge in [-0.2, -0.15) is 0 Å². The monoisotopic (exact) mass is 398 g/mol. The molecule has 0 amide bonds. The number of carboxylic acids is 1. The minimum atomic E-state index is -1.32. The smallest absolute Gasteiger partial charge is 0.341 e. The van der Waals surface area contributed by atoms with Crippen LogP contribution in [0, 0.1) is 30.2 Å². The lowest BCUT2D eigenvalue weighted by atomic mass is 10.1. The van der Waals surface area contributed by atoms with E-state index in [2.05, 4.69) is 4.74 Å². The van der Waals surface area contributed by atoms with Crippen LogP contribution in [-0.4, -0.2) is 23.5 Å². The molecule has 148 valence electrons. The molecule has 0 radical (unpaired) electrons. The molecule has 0 aliphatic carbocycles. The maximum absolute atomic E-state index is 13.2. The number of furan rings is 1.